The molecule has 0 saturated carbocycles. The van der Waals surface area contributed by atoms with Crippen LogP contribution in [0.5, 0.6) is 11.5 Å². The summed E-state index contributed by atoms with van der Waals surface area (Å²) in [5, 5.41) is 3.19. The van der Waals surface area contributed by atoms with Crippen LogP contribution >= 0.6 is 11.6 Å². The maximum atomic E-state index is 12.2. The standard InChI is InChI=1S/C18H18ClNO5/c1-11-13(19)7-5-8-14(11)20-16(21)10-25-18(22)12-6-4-9-15(23-2)17(12)24-3/h4-9H,10H2,1-3H3,(H,20,21). The molecule has 0 aliphatic rings. The minimum Gasteiger partial charge on any atom is -0.493 e. The average Bonchev–Trinajstić information content (AvgIpc) is 2.62. The van der Waals surface area contributed by atoms with E-state index in [2.05, 4.69) is 5.32 Å². The van der Waals surface area contributed by atoms with E-state index in [1.54, 1.807) is 37.3 Å². The lowest BCUT2D eigenvalue weighted by atomic mass is 10.2. The van der Waals surface area contributed by atoms with Crippen LogP contribution in [0.4, 0.5) is 5.69 Å². The number of carbonyl (C=O) groups excluding carboxylic acids is 2. The molecule has 7 heteroatoms. The molecule has 0 aliphatic heterocycles. The van der Waals surface area contributed by atoms with Crippen LogP contribution in [-0.4, -0.2) is 32.7 Å². The minimum absolute atomic E-state index is 0.175. The number of hydrogen-bond donors (Lipinski definition) is 1. The van der Waals surface area contributed by atoms with Crippen molar-refractivity contribution in [1.82, 2.24) is 0 Å². The van der Waals surface area contributed by atoms with E-state index in [0.717, 1.165) is 5.56 Å². The third kappa shape index (κ3) is 4.42. The van der Waals surface area contributed by atoms with E-state index in [1.807, 2.05) is 0 Å². The summed E-state index contributed by atoms with van der Waals surface area (Å²) in [6.45, 7) is 1.34. The number of carbonyl (C=O) groups is 2. The van der Waals surface area contributed by atoms with E-state index in [1.165, 1.54) is 20.3 Å². The van der Waals surface area contributed by atoms with Crippen molar-refractivity contribution in [3.63, 3.8) is 0 Å². The number of para-hydroxylation sites is 1. The van der Waals surface area contributed by atoms with Crippen LogP contribution in [0.3, 0.4) is 0 Å². The van der Waals surface area contributed by atoms with Gasteiger partial charge in [0.2, 0.25) is 0 Å². The largest absolute Gasteiger partial charge is 0.493 e. The Morgan fingerprint density at radius 3 is 2.48 bits per heavy atom. The van der Waals surface area contributed by atoms with Gasteiger partial charge in [-0.25, -0.2) is 4.79 Å². The first-order chi connectivity index (χ1) is 12.0. The van der Waals surface area contributed by atoms with Crippen molar-refractivity contribution in [2.75, 3.05) is 26.1 Å². The second-order valence-electron chi connectivity index (χ2n) is 5.08. The van der Waals surface area contributed by atoms with Crippen molar-refractivity contribution in [2.24, 2.45) is 0 Å². The maximum Gasteiger partial charge on any atom is 0.342 e. The highest BCUT2D eigenvalue weighted by Gasteiger charge is 2.19. The molecule has 0 atom stereocenters. The smallest absolute Gasteiger partial charge is 0.342 e. The number of hydrogen-bond acceptors (Lipinski definition) is 5. The molecular formula is C18H18ClNO5. The molecule has 6 nitrogen and oxygen atoms in total. The van der Waals surface area contributed by atoms with E-state index in [0.29, 0.717) is 16.5 Å². The highest BCUT2D eigenvalue weighted by Crippen LogP contribution is 2.31. The zero-order valence-corrected chi connectivity index (χ0v) is 14.8. The van der Waals surface area contributed by atoms with Crippen molar-refractivity contribution in [1.29, 1.82) is 0 Å². The summed E-state index contributed by atoms with van der Waals surface area (Å²) in [7, 11) is 2.89. The molecule has 25 heavy (non-hydrogen) atoms. The van der Waals surface area contributed by atoms with Gasteiger partial charge in [0.05, 0.1) is 14.2 Å². The lowest BCUT2D eigenvalue weighted by Gasteiger charge is -2.12. The first-order valence-corrected chi connectivity index (χ1v) is 7.78. The number of rotatable bonds is 6. The number of amides is 1. The first kappa shape index (κ1) is 18.6. The molecule has 0 heterocycles. The third-order valence-corrected chi connectivity index (χ3v) is 3.91. The summed E-state index contributed by atoms with van der Waals surface area (Å²) >= 11 is 6.00. The Morgan fingerprint density at radius 2 is 1.80 bits per heavy atom. The lowest BCUT2D eigenvalue weighted by molar-refractivity contribution is -0.119. The van der Waals surface area contributed by atoms with Gasteiger partial charge in [0, 0.05) is 10.7 Å². The summed E-state index contributed by atoms with van der Waals surface area (Å²) < 4.78 is 15.4. The zero-order valence-electron chi connectivity index (χ0n) is 14.1. The van der Waals surface area contributed by atoms with E-state index in [9.17, 15) is 9.59 Å². The van der Waals surface area contributed by atoms with Crippen LogP contribution in [0.15, 0.2) is 36.4 Å². The van der Waals surface area contributed by atoms with Gasteiger partial charge in [0.25, 0.3) is 5.91 Å². The summed E-state index contributed by atoms with van der Waals surface area (Å²) in [6, 6.07) is 9.98. The molecule has 0 spiro atoms. The summed E-state index contributed by atoms with van der Waals surface area (Å²) in [5.41, 5.74) is 1.47. The Balaban J connectivity index is 2.03. The maximum absolute atomic E-state index is 12.2. The molecule has 0 aliphatic carbocycles. The predicted molar refractivity (Wildman–Crippen MR) is 94.6 cm³/mol. The van der Waals surface area contributed by atoms with Gasteiger partial charge < -0.3 is 19.5 Å². The molecule has 0 bridgehead atoms. The van der Waals surface area contributed by atoms with Crippen molar-refractivity contribution in [3.05, 3.63) is 52.5 Å². The molecule has 132 valence electrons. The Labute approximate surface area is 150 Å². The first-order valence-electron chi connectivity index (χ1n) is 7.41. The highest BCUT2D eigenvalue weighted by atomic mass is 35.5. The zero-order chi connectivity index (χ0) is 18.4. The molecule has 2 rings (SSSR count). The second kappa shape index (κ2) is 8.39. The highest BCUT2D eigenvalue weighted by molar-refractivity contribution is 6.31. The number of ether oxygens (including phenoxy) is 3. The van der Waals surface area contributed by atoms with E-state index in [-0.39, 0.29) is 11.3 Å². The van der Waals surface area contributed by atoms with Crippen molar-refractivity contribution in [2.45, 2.75) is 6.92 Å². The Bertz CT molecular complexity index is 791. The fourth-order valence-corrected chi connectivity index (χ4v) is 2.36. The molecular weight excluding hydrogens is 346 g/mol. The monoisotopic (exact) mass is 363 g/mol. The number of nitrogens with one attached hydrogen (secondary N) is 1. The van der Waals surface area contributed by atoms with Crippen molar-refractivity contribution in [3.8, 4) is 11.5 Å². The van der Waals surface area contributed by atoms with Crippen LogP contribution in [-0.2, 0) is 9.53 Å². The van der Waals surface area contributed by atoms with Crippen molar-refractivity contribution >= 4 is 29.2 Å². The van der Waals surface area contributed by atoms with Crippen LogP contribution in [0, 0.1) is 6.92 Å². The van der Waals surface area contributed by atoms with Gasteiger partial charge in [-0.1, -0.05) is 23.7 Å². The molecule has 2 aromatic rings. The Hall–Kier alpha value is -2.73. The molecule has 0 fully saturated rings. The number of benzene rings is 2. The quantitative estimate of drug-likeness (QED) is 0.795. The van der Waals surface area contributed by atoms with Crippen molar-refractivity contribution < 1.29 is 23.8 Å². The van der Waals surface area contributed by atoms with Gasteiger partial charge in [-0.15, -0.1) is 0 Å². The van der Waals surface area contributed by atoms with Gasteiger partial charge in [-0.05, 0) is 36.8 Å². The van der Waals surface area contributed by atoms with Crippen LogP contribution in [0.25, 0.3) is 0 Å². The van der Waals surface area contributed by atoms with Gasteiger partial charge in [0.1, 0.15) is 5.56 Å². The minimum atomic E-state index is -0.686. The Morgan fingerprint density at radius 1 is 1.08 bits per heavy atom. The number of methoxy groups -OCH3 is 2. The normalized spacial score (nSPS) is 10.1. The molecule has 1 amide bonds. The molecule has 0 aromatic heterocycles. The topological polar surface area (TPSA) is 73.9 Å². The molecule has 0 unspecified atom stereocenters. The van der Waals surface area contributed by atoms with E-state index < -0.39 is 18.5 Å². The van der Waals surface area contributed by atoms with Crippen LogP contribution < -0.4 is 14.8 Å². The van der Waals surface area contributed by atoms with Crippen LogP contribution in [0.1, 0.15) is 15.9 Å². The molecule has 0 saturated heterocycles. The fourth-order valence-electron chi connectivity index (χ4n) is 2.19. The summed E-state index contributed by atoms with van der Waals surface area (Å²) in [6.07, 6.45) is 0. The second-order valence-corrected chi connectivity index (χ2v) is 5.48. The van der Waals surface area contributed by atoms with E-state index >= 15 is 0 Å². The lowest BCUT2D eigenvalue weighted by Crippen LogP contribution is -2.21. The van der Waals surface area contributed by atoms with Gasteiger partial charge in [0.15, 0.2) is 18.1 Å². The molecule has 1 N–H and O–H groups in total. The number of esters is 1. The van der Waals surface area contributed by atoms with Gasteiger partial charge in [-0.3, -0.25) is 4.79 Å². The number of anilines is 1. The predicted octanol–water partition coefficient (Wildman–Crippen LogP) is 3.46. The van der Waals surface area contributed by atoms with E-state index in [4.69, 9.17) is 25.8 Å². The SMILES string of the molecule is COc1cccc(C(=O)OCC(=O)Nc2cccc(Cl)c2C)c1OC. The average molecular weight is 364 g/mol. The third-order valence-electron chi connectivity index (χ3n) is 3.50. The number of halogens is 1. The summed E-state index contributed by atoms with van der Waals surface area (Å²) in [5.74, 6) is -0.508. The molecule has 0 radical (unpaired) electrons. The fraction of sp³-hybridized carbons (Fsp3) is 0.222. The van der Waals surface area contributed by atoms with Crippen LogP contribution in [0.2, 0.25) is 5.02 Å². The summed E-state index contributed by atoms with van der Waals surface area (Å²) in [4.78, 5) is 24.2. The Kier molecular flexibility index (Phi) is 6.25. The van der Waals surface area contributed by atoms with Gasteiger partial charge in [-0.2, -0.15) is 0 Å². The van der Waals surface area contributed by atoms with Gasteiger partial charge >= 0.3 is 5.97 Å². The molecule has 2 aromatic carbocycles.